The van der Waals surface area contributed by atoms with Crippen molar-refractivity contribution < 1.29 is 22.0 Å². The molecule has 0 radical (unpaired) electrons. The predicted molar refractivity (Wildman–Crippen MR) is 55.3 cm³/mol. The Kier molecular flexibility index (Phi) is 8.08. The molecule has 0 aromatic rings. The molecule has 0 N–H and O–H groups in total. The zero-order valence-electron chi connectivity index (χ0n) is 9.38. The minimum absolute atomic E-state index is 0.186. The van der Waals surface area contributed by atoms with Gasteiger partial charge in [-0.3, -0.25) is 0 Å². The molecule has 0 aromatic heterocycles. The number of rotatable bonds is 8. The number of halogens is 3. The first-order chi connectivity index (χ1) is 7.02. The molecular formula is C9H19F3O2Si. The van der Waals surface area contributed by atoms with Crippen LogP contribution in [0.25, 0.3) is 0 Å². The second-order valence-corrected chi connectivity index (χ2v) is 5.88. The van der Waals surface area contributed by atoms with Crippen LogP contribution in [-0.4, -0.2) is 35.1 Å². The minimum Gasteiger partial charge on any atom is -0.397 e. The van der Waals surface area contributed by atoms with Gasteiger partial charge in [-0.25, -0.2) is 13.2 Å². The van der Waals surface area contributed by atoms with E-state index in [0.29, 0.717) is 13.2 Å². The van der Waals surface area contributed by atoms with E-state index in [0.717, 1.165) is 0 Å². The molecule has 0 aliphatic heterocycles. The Morgan fingerprint density at radius 1 is 1.07 bits per heavy atom. The second kappa shape index (κ2) is 8.12. The Morgan fingerprint density at radius 2 is 1.53 bits per heavy atom. The summed E-state index contributed by atoms with van der Waals surface area (Å²) in [6, 6.07) is 0. The lowest BCUT2D eigenvalue weighted by molar-refractivity contribution is 0.0427. The molecular weight excluding hydrogens is 225 g/mol. The maximum atomic E-state index is 12.8. The SMILES string of the molecule is CCO[SiH](OCC)C(C)CC(F)C(F)F. The largest absolute Gasteiger partial charge is 0.397 e. The molecule has 0 aliphatic carbocycles. The van der Waals surface area contributed by atoms with Crippen LogP contribution >= 0.6 is 0 Å². The van der Waals surface area contributed by atoms with Crippen molar-refractivity contribution in [2.24, 2.45) is 0 Å². The molecule has 0 spiro atoms. The van der Waals surface area contributed by atoms with Crippen molar-refractivity contribution in [1.29, 1.82) is 0 Å². The maximum Gasteiger partial charge on any atom is 0.324 e. The van der Waals surface area contributed by atoms with Gasteiger partial charge in [0.15, 0.2) is 6.17 Å². The Labute approximate surface area is 90.6 Å². The van der Waals surface area contributed by atoms with Gasteiger partial charge in [0.1, 0.15) is 0 Å². The van der Waals surface area contributed by atoms with Gasteiger partial charge in [-0.2, -0.15) is 0 Å². The fraction of sp³-hybridized carbons (Fsp3) is 1.00. The van der Waals surface area contributed by atoms with E-state index < -0.39 is 21.9 Å². The quantitative estimate of drug-likeness (QED) is 0.611. The molecule has 92 valence electrons. The molecule has 2 nitrogen and oxygen atoms in total. The summed E-state index contributed by atoms with van der Waals surface area (Å²) in [5.74, 6) is 0. The van der Waals surface area contributed by atoms with Crippen LogP contribution in [0, 0.1) is 0 Å². The normalized spacial score (nSPS) is 16.0. The van der Waals surface area contributed by atoms with E-state index in [2.05, 4.69) is 0 Å². The third-order valence-electron chi connectivity index (χ3n) is 2.00. The summed E-state index contributed by atoms with van der Waals surface area (Å²) in [4.78, 5) is 0. The lowest BCUT2D eigenvalue weighted by Gasteiger charge is -2.22. The van der Waals surface area contributed by atoms with E-state index in [-0.39, 0.29) is 12.0 Å². The van der Waals surface area contributed by atoms with Crippen molar-refractivity contribution in [2.45, 2.75) is 45.3 Å². The van der Waals surface area contributed by atoms with E-state index in [1.807, 2.05) is 13.8 Å². The first-order valence-electron chi connectivity index (χ1n) is 5.18. The molecule has 2 atom stereocenters. The van der Waals surface area contributed by atoms with Gasteiger partial charge in [0, 0.05) is 13.2 Å². The summed E-state index contributed by atoms with van der Waals surface area (Å²) in [6.07, 6.45) is -5.17. The molecule has 0 saturated heterocycles. The van der Waals surface area contributed by atoms with Gasteiger partial charge in [-0.1, -0.05) is 6.92 Å². The number of hydrogen-bond acceptors (Lipinski definition) is 2. The molecule has 0 amide bonds. The van der Waals surface area contributed by atoms with E-state index >= 15 is 0 Å². The van der Waals surface area contributed by atoms with E-state index in [1.165, 1.54) is 0 Å². The summed E-state index contributed by atoms with van der Waals surface area (Å²) in [5, 5.41) is 0. The molecule has 0 rings (SSSR count). The molecule has 15 heavy (non-hydrogen) atoms. The van der Waals surface area contributed by atoms with Crippen molar-refractivity contribution >= 4 is 9.28 Å². The maximum absolute atomic E-state index is 12.8. The standard InChI is InChI=1S/C9H19F3O2Si/c1-4-13-15(14-5-2)7(3)6-8(10)9(11)12/h7-9,15H,4-6H2,1-3H3. The predicted octanol–water partition coefficient (Wildman–Crippen LogP) is 2.66. The van der Waals surface area contributed by atoms with Gasteiger partial charge >= 0.3 is 9.28 Å². The highest BCUT2D eigenvalue weighted by molar-refractivity contribution is 6.46. The van der Waals surface area contributed by atoms with Crippen LogP contribution in [0.3, 0.4) is 0 Å². The Morgan fingerprint density at radius 3 is 1.87 bits per heavy atom. The highest BCUT2D eigenvalue weighted by Crippen LogP contribution is 2.23. The highest BCUT2D eigenvalue weighted by Gasteiger charge is 2.28. The zero-order valence-corrected chi connectivity index (χ0v) is 10.5. The molecule has 0 saturated carbocycles. The van der Waals surface area contributed by atoms with Crippen LogP contribution in [0.15, 0.2) is 0 Å². The van der Waals surface area contributed by atoms with Gasteiger partial charge < -0.3 is 8.85 Å². The van der Waals surface area contributed by atoms with Gasteiger partial charge in [-0.15, -0.1) is 0 Å². The molecule has 0 bridgehead atoms. The van der Waals surface area contributed by atoms with Crippen molar-refractivity contribution in [3.63, 3.8) is 0 Å². The summed E-state index contributed by atoms with van der Waals surface area (Å²) < 4.78 is 47.4. The van der Waals surface area contributed by atoms with Crippen molar-refractivity contribution in [2.75, 3.05) is 13.2 Å². The van der Waals surface area contributed by atoms with E-state index in [1.54, 1.807) is 6.92 Å². The smallest absolute Gasteiger partial charge is 0.324 e. The van der Waals surface area contributed by atoms with Crippen LogP contribution in [0.4, 0.5) is 13.2 Å². The molecule has 0 aliphatic rings. The molecule has 0 heterocycles. The van der Waals surface area contributed by atoms with Crippen LogP contribution < -0.4 is 0 Å². The van der Waals surface area contributed by atoms with Crippen molar-refractivity contribution in [1.82, 2.24) is 0 Å². The topological polar surface area (TPSA) is 18.5 Å². The van der Waals surface area contributed by atoms with Gasteiger partial charge in [-0.05, 0) is 25.8 Å². The summed E-state index contributed by atoms with van der Waals surface area (Å²) in [5.41, 5.74) is -0.242. The Bertz CT molecular complexity index is 154. The van der Waals surface area contributed by atoms with E-state index in [9.17, 15) is 13.2 Å². The van der Waals surface area contributed by atoms with Gasteiger partial charge in [0.25, 0.3) is 6.43 Å². The van der Waals surface area contributed by atoms with Crippen molar-refractivity contribution in [3.8, 4) is 0 Å². The second-order valence-electron chi connectivity index (χ2n) is 3.34. The molecule has 0 aromatic carbocycles. The number of alkyl halides is 3. The highest BCUT2D eigenvalue weighted by atomic mass is 28.3. The zero-order chi connectivity index (χ0) is 11.8. The Balaban J connectivity index is 4.05. The first kappa shape index (κ1) is 14.9. The lowest BCUT2D eigenvalue weighted by Crippen LogP contribution is -2.30. The minimum atomic E-state index is -2.91. The number of hydrogen-bond donors (Lipinski definition) is 0. The van der Waals surface area contributed by atoms with Crippen molar-refractivity contribution in [3.05, 3.63) is 0 Å². The Hall–Kier alpha value is -0.0731. The fourth-order valence-electron chi connectivity index (χ4n) is 1.27. The summed E-state index contributed by atoms with van der Waals surface area (Å²) in [6.45, 7) is 6.29. The third kappa shape index (κ3) is 6.16. The average molecular weight is 244 g/mol. The summed E-state index contributed by atoms with van der Waals surface area (Å²) in [7, 11) is -2.00. The first-order valence-corrected chi connectivity index (χ1v) is 6.79. The van der Waals surface area contributed by atoms with Gasteiger partial charge in [0.2, 0.25) is 0 Å². The van der Waals surface area contributed by atoms with Crippen LogP contribution in [0.1, 0.15) is 27.2 Å². The molecule has 6 heteroatoms. The monoisotopic (exact) mass is 244 g/mol. The van der Waals surface area contributed by atoms with Crippen LogP contribution in [0.2, 0.25) is 5.54 Å². The van der Waals surface area contributed by atoms with E-state index in [4.69, 9.17) is 8.85 Å². The molecule has 0 fully saturated rings. The fourth-order valence-corrected chi connectivity index (χ4v) is 3.17. The van der Waals surface area contributed by atoms with Crippen LogP contribution in [0.5, 0.6) is 0 Å². The third-order valence-corrected chi connectivity index (χ3v) is 4.52. The lowest BCUT2D eigenvalue weighted by atomic mass is 10.2. The van der Waals surface area contributed by atoms with Crippen LogP contribution in [-0.2, 0) is 8.85 Å². The average Bonchev–Trinajstić information content (AvgIpc) is 2.17. The summed E-state index contributed by atoms with van der Waals surface area (Å²) >= 11 is 0. The van der Waals surface area contributed by atoms with Gasteiger partial charge in [0.05, 0.1) is 0 Å². The molecule has 2 unspecified atom stereocenters.